The number of nitrogens with two attached hydrogens (primary N) is 1. The average molecular weight is 242 g/mol. The predicted octanol–water partition coefficient (Wildman–Crippen LogP) is 2.15. The number of rotatable bonds is 3. The van der Waals surface area contributed by atoms with E-state index in [0.29, 0.717) is 6.04 Å². The van der Waals surface area contributed by atoms with Gasteiger partial charge in [-0.05, 0) is 25.0 Å². The van der Waals surface area contributed by atoms with E-state index in [1.807, 2.05) is 0 Å². The fourth-order valence-electron chi connectivity index (χ4n) is 1.76. The summed E-state index contributed by atoms with van der Waals surface area (Å²) in [5, 5.41) is 13.9. The van der Waals surface area contributed by atoms with Gasteiger partial charge in [-0.25, -0.2) is 0 Å². The molecule has 1 saturated carbocycles. The van der Waals surface area contributed by atoms with Gasteiger partial charge >= 0.3 is 0 Å². The molecular weight excluding hydrogens is 230 g/mol. The molecule has 0 spiro atoms. The number of hydrogen-bond acceptors (Lipinski definition) is 4. The molecule has 0 radical (unpaired) electrons. The quantitative estimate of drug-likeness (QED) is 0.628. The molecule has 1 fully saturated rings. The van der Waals surface area contributed by atoms with Gasteiger partial charge in [0.2, 0.25) is 0 Å². The van der Waals surface area contributed by atoms with Crippen molar-refractivity contribution < 1.29 is 4.92 Å². The molecule has 5 nitrogen and oxygen atoms in total. The summed E-state index contributed by atoms with van der Waals surface area (Å²) in [6.45, 7) is 0. The summed E-state index contributed by atoms with van der Waals surface area (Å²) in [6.07, 6.45) is 1.85. The molecule has 86 valence electrons. The van der Waals surface area contributed by atoms with Crippen LogP contribution in [0.4, 0.5) is 11.4 Å². The van der Waals surface area contributed by atoms with Crippen molar-refractivity contribution in [2.75, 3.05) is 5.32 Å². The van der Waals surface area contributed by atoms with Gasteiger partial charge in [0.15, 0.2) is 0 Å². The molecule has 0 bridgehead atoms. The molecule has 0 amide bonds. The first-order valence-corrected chi connectivity index (χ1v) is 5.40. The zero-order valence-corrected chi connectivity index (χ0v) is 9.28. The molecule has 3 N–H and O–H groups in total. The van der Waals surface area contributed by atoms with Gasteiger partial charge in [0.1, 0.15) is 5.02 Å². The third-order valence-corrected chi connectivity index (χ3v) is 2.99. The maximum atomic E-state index is 10.5. The number of benzene rings is 1. The van der Waals surface area contributed by atoms with E-state index in [0.717, 1.165) is 18.5 Å². The van der Waals surface area contributed by atoms with Crippen LogP contribution in [0.25, 0.3) is 0 Å². The number of nitro groups is 1. The summed E-state index contributed by atoms with van der Waals surface area (Å²) in [5.74, 6) is 0. The molecule has 0 heterocycles. The standard InChI is InChI=1S/C10H12ClN3O2/c11-9-5-7(1-2-10(9)14(15)16)13-8-3-6(12)4-8/h1-2,5-6,8,13H,3-4,12H2. The number of anilines is 1. The smallest absolute Gasteiger partial charge is 0.288 e. The highest BCUT2D eigenvalue weighted by Gasteiger charge is 2.25. The van der Waals surface area contributed by atoms with Gasteiger partial charge in [-0.3, -0.25) is 10.1 Å². The first-order chi connectivity index (χ1) is 7.56. The summed E-state index contributed by atoms with van der Waals surface area (Å²) in [6, 6.07) is 5.26. The molecular formula is C10H12ClN3O2. The lowest BCUT2D eigenvalue weighted by atomic mass is 9.87. The van der Waals surface area contributed by atoms with Crippen LogP contribution in [0.2, 0.25) is 5.02 Å². The lowest BCUT2D eigenvalue weighted by Crippen LogP contribution is -2.44. The second kappa shape index (κ2) is 4.27. The Kier molecular flexibility index (Phi) is 2.98. The van der Waals surface area contributed by atoms with Crippen LogP contribution in [0.5, 0.6) is 0 Å². The molecule has 16 heavy (non-hydrogen) atoms. The number of nitrogens with zero attached hydrogens (tertiary/aromatic N) is 1. The van der Waals surface area contributed by atoms with Crippen molar-refractivity contribution in [3.8, 4) is 0 Å². The van der Waals surface area contributed by atoms with E-state index in [4.69, 9.17) is 17.3 Å². The summed E-state index contributed by atoms with van der Waals surface area (Å²) in [7, 11) is 0. The number of nitrogens with one attached hydrogen (secondary N) is 1. The van der Waals surface area contributed by atoms with Crippen molar-refractivity contribution in [3.63, 3.8) is 0 Å². The predicted molar refractivity (Wildman–Crippen MR) is 62.7 cm³/mol. The molecule has 2 rings (SSSR count). The highest BCUT2D eigenvalue weighted by atomic mass is 35.5. The second-order valence-corrected chi connectivity index (χ2v) is 4.40. The average Bonchev–Trinajstić information content (AvgIpc) is 2.15. The normalized spacial score (nSPS) is 23.6. The Labute approximate surface area is 97.7 Å². The van der Waals surface area contributed by atoms with Gasteiger partial charge in [-0.15, -0.1) is 0 Å². The summed E-state index contributed by atoms with van der Waals surface area (Å²) in [5.41, 5.74) is 6.39. The fraction of sp³-hybridized carbons (Fsp3) is 0.400. The summed E-state index contributed by atoms with van der Waals surface area (Å²) >= 11 is 5.79. The lowest BCUT2D eigenvalue weighted by Gasteiger charge is -2.33. The van der Waals surface area contributed by atoms with Crippen molar-refractivity contribution in [1.29, 1.82) is 0 Å². The molecule has 0 saturated heterocycles. The minimum atomic E-state index is -0.495. The SMILES string of the molecule is NC1CC(Nc2ccc([N+](=O)[O-])c(Cl)c2)C1. The first-order valence-electron chi connectivity index (χ1n) is 5.02. The van der Waals surface area contributed by atoms with E-state index >= 15 is 0 Å². The Bertz CT molecular complexity index is 419. The maximum Gasteiger partial charge on any atom is 0.288 e. The molecule has 1 aromatic rings. The number of halogens is 1. The van der Waals surface area contributed by atoms with Crippen LogP contribution in [0.3, 0.4) is 0 Å². The molecule has 0 aliphatic heterocycles. The van der Waals surface area contributed by atoms with E-state index in [9.17, 15) is 10.1 Å². The molecule has 6 heteroatoms. The van der Waals surface area contributed by atoms with E-state index < -0.39 is 4.92 Å². The lowest BCUT2D eigenvalue weighted by molar-refractivity contribution is -0.384. The molecule has 1 aromatic carbocycles. The Morgan fingerprint density at radius 3 is 2.69 bits per heavy atom. The first kappa shape index (κ1) is 11.2. The number of hydrogen-bond donors (Lipinski definition) is 2. The van der Waals surface area contributed by atoms with Crippen molar-refractivity contribution in [1.82, 2.24) is 0 Å². The van der Waals surface area contributed by atoms with Crippen LogP contribution in [-0.2, 0) is 0 Å². The molecule has 1 aliphatic rings. The molecule has 0 atom stereocenters. The van der Waals surface area contributed by atoms with Gasteiger partial charge < -0.3 is 11.1 Å². The number of nitro benzene ring substituents is 1. The van der Waals surface area contributed by atoms with Crippen molar-refractivity contribution in [2.24, 2.45) is 5.73 Å². The molecule has 0 aromatic heterocycles. The van der Waals surface area contributed by atoms with E-state index in [1.165, 1.54) is 6.07 Å². The summed E-state index contributed by atoms with van der Waals surface area (Å²) in [4.78, 5) is 10.1. The zero-order chi connectivity index (χ0) is 11.7. The van der Waals surface area contributed by atoms with Crippen LogP contribution in [0.1, 0.15) is 12.8 Å². The van der Waals surface area contributed by atoms with Crippen LogP contribution in [-0.4, -0.2) is 17.0 Å². The minimum Gasteiger partial charge on any atom is -0.382 e. The van der Waals surface area contributed by atoms with Gasteiger partial charge in [0.25, 0.3) is 5.69 Å². The summed E-state index contributed by atoms with van der Waals surface area (Å²) < 4.78 is 0. The fourth-order valence-corrected chi connectivity index (χ4v) is 2.01. The highest BCUT2D eigenvalue weighted by Crippen LogP contribution is 2.29. The van der Waals surface area contributed by atoms with Crippen LogP contribution in [0, 0.1) is 10.1 Å². The van der Waals surface area contributed by atoms with Gasteiger partial charge in [-0.2, -0.15) is 0 Å². The van der Waals surface area contributed by atoms with Crippen LogP contribution < -0.4 is 11.1 Å². The van der Waals surface area contributed by atoms with Crippen molar-refractivity contribution in [3.05, 3.63) is 33.3 Å². The van der Waals surface area contributed by atoms with Gasteiger partial charge in [0.05, 0.1) is 4.92 Å². The van der Waals surface area contributed by atoms with Gasteiger partial charge in [-0.1, -0.05) is 11.6 Å². The maximum absolute atomic E-state index is 10.5. The van der Waals surface area contributed by atoms with Gasteiger partial charge in [0, 0.05) is 23.8 Å². The molecule has 0 unspecified atom stereocenters. The Hall–Kier alpha value is -1.33. The Morgan fingerprint density at radius 1 is 1.50 bits per heavy atom. The van der Waals surface area contributed by atoms with Crippen LogP contribution in [0.15, 0.2) is 18.2 Å². The Balaban J connectivity index is 2.06. The third-order valence-electron chi connectivity index (χ3n) is 2.69. The van der Waals surface area contributed by atoms with Crippen molar-refractivity contribution >= 4 is 23.0 Å². The topological polar surface area (TPSA) is 81.2 Å². The second-order valence-electron chi connectivity index (χ2n) is 4.00. The highest BCUT2D eigenvalue weighted by molar-refractivity contribution is 6.32. The monoisotopic (exact) mass is 241 g/mol. The van der Waals surface area contributed by atoms with Crippen LogP contribution >= 0.6 is 11.6 Å². The van der Waals surface area contributed by atoms with Crippen molar-refractivity contribution in [2.45, 2.75) is 24.9 Å². The Morgan fingerprint density at radius 2 is 2.19 bits per heavy atom. The van der Waals surface area contributed by atoms with E-state index in [2.05, 4.69) is 5.32 Å². The minimum absolute atomic E-state index is 0.0717. The van der Waals surface area contributed by atoms with E-state index in [1.54, 1.807) is 12.1 Å². The largest absolute Gasteiger partial charge is 0.382 e. The van der Waals surface area contributed by atoms with E-state index in [-0.39, 0.29) is 16.8 Å². The molecule has 1 aliphatic carbocycles. The zero-order valence-electron chi connectivity index (χ0n) is 8.52. The third kappa shape index (κ3) is 2.25.